The molecule has 9 nitrogen and oxygen atoms in total. The van der Waals surface area contributed by atoms with E-state index in [4.69, 9.17) is 14.2 Å². The Balaban J connectivity index is 1.40. The third-order valence-electron chi connectivity index (χ3n) is 7.55. The third kappa shape index (κ3) is 6.64. The molecule has 3 aromatic rings. The molecule has 2 heterocycles. The fourth-order valence-electron chi connectivity index (χ4n) is 5.26. The molecule has 3 aromatic carbocycles. The highest BCUT2D eigenvalue weighted by Gasteiger charge is 2.34. The van der Waals surface area contributed by atoms with E-state index in [1.807, 2.05) is 69.4 Å². The standard InChI is InChI=1S/C32H37N3O6/c1-21-16-35(22(2)19-36)32(38)25-10-7-11-26(33-30(37)15-23-8-5-4-6-9-23)31(25)41-29(21)18-34(3)17-24-12-13-27-28(14-24)40-20-39-27/h4-14,21-22,29,36H,15-20H2,1-3H3,(H,33,37). The fourth-order valence-corrected chi connectivity index (χ4v) is 5.26. The van der Waals surface area contributed by atoms with Gasteiger partial charge in [0.05, 0.1) is 30.3 Å². The van der Waals surface area contributed by atoms with Crippen LogP contribution in [0.1, 0.15) is 35.3 Å². The van der Waals surface area contributed by atoms with Crippen molar-refractivity contribution < 1.29 is 28.9 Å². The van der Waals surface area contributed by atoms with Crippen LogP contribution in [0.5, 0.6) is 17.2 Å². The van der Waals surface area contributed by atoms with Crippen molar-refractivity contribution in [2.24, 2.45) is 5.92 Å². The summed E-state index contributed by atoms with van der Waals surface area (Å²) in [5.74, 6) is 1.33. The van der Waals surface area contributed by atoms with Crippen molar-refractivity contribution in [2.75, 3.05) is 38.9 Å². The number of hydrogen-bond donors (Lipinski definition) is 2. The van der Waals surface area contributed by atoms with Crippen molar-refractivity contribution in [3.05, 3.63) is 83.4 Å². The van der Waals surface area contributed by atoms with Gasteiger partial charge in [-0.25, -0.2) is 0 Å². The summed E-state index contributed by atoms with van der Waals surface area (Å²) in [7, 11) is 2.02. The Morgan fingerprint density at radius 3 is 2.63 bits per heavy atom. The predicted molar refractivity (Wildman–Crippen MR) is 155 cm³/mol. The molecule has 0 fully saturated rings. The zero-order chi connectivity index (χ0) is 28.9. The second kappa shape index (κ2) is 12.6. The lowest BCUT2D eigenvalue weighted by Crippen LogP contribution is -2.49. The van der Waals surface area contributed by atoms with E-state index in [-0.39, 0.29) is 49.7 Å². The molecule has 0 saturated carbocycles. The molecule has 2 amide bonds. The van der Waals surface area contributed by atoms with Crippen LogP contribution in [0.15, 0.2) is 66.7 Å². The maximum Gasteiger partial charge on any atom is 0.258 e. The summed E-state index contributed by atoms with van der Waals surface area (Å²) in [6.45, 7) is 5.60. The molecule has 0 saturated heterocycles. The van der Waals surface area contributed by atoms with Crippen molar-refractivity contribution in [1.82, 2.24) is 9.80 Å². The average Bonchev–Trinajstić information content (AvgIpc) is 3.43. The second-order valence-electron chi connectivity index (χ2n) is 10.9. The summed E-state index contributed by atoms with van der Waals surface area (Å²) in [6.07, 6.45) is -0.106. The Bertz CT molecular complexity index is 1380. The molecule has 0 radical (unpaired) electrons. The van der Waals surface area contributed by atoms with Crippen molar-refractivity contribution in [3.8, 4) is 17.2 Å². The van der Waals surface area contributed by atoms with Gasteiger partial charge >= 0.3 is 0 Å². The first-order valence-electron chi connectivity index (χ1n) is 13.9. The molecule has 41 heavy (non-hydrogen) atoms. The van der Waals surface area contributed by atoms with Crippen LogP contribution < -0.4 is 19.5 Å². The molecular formula is C32H37N3O6. The van der Waals surface area contributed by atoms with E-state index in [9.17, 15) is 14.7 Å². The number of anilines is 1. The first kappa shape index (κ1) is 28.4. The van der Waals surface area contributed by atoms with Crippen LogP contribution >= 0.6 is 0 Å². The van der Waals surface area contributed by atoms with E-state index in [0.717, 1.165) is 22.6 Å². The number of likely N-dealkylation sites (N-methyl/N-ethyl adjacent to an activating group) is 1. The van der Waals surface area contributed by atoms with Gasteiger partial charge in [-0.15, -0.1) is 0 Å². The molecule has 3 unspecified atom stereocenters. The predicted octanol–water partition coefficient (Wildman–Crippen LogP) is 3.95. The highest BCUT2D eigenvalue weighted by atomic mass is 16.7. The van der Waals surface area contributed by atoms with Gasteiger partial charge in [0, 0.05) is 25.6 Å². The summed E-state index contributed by atoms with van der Waals surface area (Å²) in [5, 5.41) is 12.9. The van der Waals surface area contributed by atoms with Gasteiger partial charge in [0.15, 0.2) is 17.2 Å². The largest absolute Gasteiger partial charge is 0.486 e. The lowest BCUT2D eigenvalue weighted by Gasteiger charge is -2.38. The van der Waals surface area contributed by atoms with Crippen molar-refractivity contribution in [2.45, 2.75) is 39.0 Å². The van der Waals surface area contributed by atoms with Crippen LogP contribution in [0, 0.1) is 5.92 Å². The van der Waals surface area contributed by atoms with Crippen LogP contribution in [0.2, 0.25) is 0 Å². The summed E-state index contributed by atoms with van der Waals surface area (Å²) >= 11 is 0. The molecule has 2 aliphatic heterocycles. The highest BCUT2D eigenvalue weighted by Crippen LogP contribution is 2.36. The van der Waals surface area contributed by atoms with Gasteiger partial charge in [-0.2, -0.15) is 0 Å². The Morgan fingerprint density at radius 2 is 1.85 bits per heavy atom. The van der Waals surface area contributed by atoms with Crippen LogP contribution in [-0.2, 0) is 17.8 Å². The number of fused-ring (bicyclic) bond motifs is 2. The number of ether oxygens (including phenoxy) is 3. The van der Waals surface area contributed by atoms with E-state index in [2.05, 4.69) is 10.2 Å². The second-order valence-corrected chi connectivity index (χ2v) is 10.9. The summed E-state index contributed by atoms with van der Waals surface area (Å²) < 4.78 is 17.6. The number of nitrogens with zero attached hydrogens (tertiary/aromatic N) is 2. The average molecular weight is 560 g/mol. The minimum atomic E-state index is -0.376. The normalized spacial score (nSPS) is 18.8. The number of aliphatic hydroxyl groups is 1. The molecule has 9 heteroatoms. The van der Waals surface area contributed by atoms with Crippen LogP contribution in [0.3, 0.4) is 0 Å². The van der Waals surface area contributed by atoms with E-state index in [1.54, 1.807) is 23.1 Å². The van der Waals surface area contributed by atoms with Gasteiger partial charge in [-0.05, 0) is 49.4 Å². The quantitative estimate of drug-likeness (QED) is 0.410. The van der Waals surface area contributed by atoms with Gasteiger partial charge in [-0.1, -0.05) is 49.4 Å². The first-order chi connectivity index (χ1) is 19.8. The molecule has 0 aliphatic carbocycles. The summed E-state index contributed by atoms with van der Waals surface area (Å²) in [6, 6.07) is 20.3. The van der Waals surface area contributed by atoms with Crippen LogP contribution in [-0.4, -0.2) is 72.4 Å². The number of para-hydroxylation sites is 1. The number of rotatable bonds is 9. The maximum absolute atomic E-state index is 13.7. The number of aliphatic hydroxyl groups excluding tert-OH is 1. The molecule has 0 bridgehead atoms. The lowest BCUT2D eigenvalue weighted by atomic mass is 9.98. The molecule has 3 atom stereocenters. The minimum Gasteiger partial charge on any atom is -0.486 e. The van der Waals surface area contributed by atoms with Gasteiger partial charge in [0.2, 0.25) is 12.7 Å². The SMILES string of the molecule is CC1CN(C(C)CO)C(=O)c2cccc(NC(=O)Cc3ccccc3)c2OC1CN(C)Cc1ccc2c(c1)OCO2. The van der Waals surface area contributed by atoms with E-state index in [0.29, 0.717) is 36.6 Å². The zero-order valence-corrected chi connectivity index (χ0v) is 23.7. The Hall–Kier alpha value is -4.08. The zero-order valence-electron chi connectivity index (χ0n) is 23.7. The lowest BCUT2D eigenvalue weighted by molar-refractivity contribution is -0.115. The molecule has 5 rings (SSSR count). The van der Waals surface area contributed by atoms with E-state index >= 15 is 0 Å². The van der Waals surface area contributed by atoms with Gasteiger partial charge in [-0.3, -0.25) is 14.5 Å². The van der Waals surface area contributed by atoms with Crippen molar-refractivity contribution >= 4 is 17.5 Å². The number of carbonyl (C=O) groups is 2. The number of benzene rings is 3. The monoisotopic (exact) mass is 559 g/mol. The fraction of sp³-hybridized carbons (Fsp3) is 0.375. The number of amides is 2. The number of nitrogens with one attached hydrogen (secondary N) is 1. The molecular weight excluding hydrogens is 522 g/mol. The van der Waals surface area contributed by atoms with Gasteiger partial charge in [0.25, 0.3) is 5.91 Å². The van der Waals surface area contributed by atoms with E-state index in [1.165, 1.54) is 0 Å². The topological polar surface area (TPSA) is 101 Å². The third-order valence-corrected chi connectivity index (χ3v) is 7.55. The smallest absolute Gasteiger partial charge is 0.258 e. The minimum absolute atomic E-state index is 0.0617. The molecule has 2 N–H and O–H groups in total. The summed E-state index contributed by atoms with van der Waals surface area (Å²) in [5.41, 5.74) is 2.78. The van der Waals surface area contributed by atoms with Crippen molar-refractivity contribution in [1.29, 1.82) is 0 Å². The molecule has 0 spiro atoms. The summed E-state index contributed by atoms with van der Waals surface area (Å²) in [4.78, 5) is 30.6. The number of hydrogen-bond acceptors (Lipinski definition) is 7. The molecule has 0 aromatic heterocycles. The number of carbonyl (C=O) groups excluding carboxylic acids is 2. The van der Waals surface area contributed by atoms with Crippen molar-refractivity contribution in [3.63, 3.8) is 0 Å². The Morgan fingerprint density at radius 1 is 1.07 bits per heavy atom. The van der Waals surface area contributed by atoms with Gasteiger partial charge < -0.3 is 29.5 Å². The first-order valence-corrected chi connectivity index (χ1v) is 13.9. The van der Waals surface area contributed by atoms with Gasteiger partial charge in [0.1, 0.15) is 6.10 Å². The maximum atomic E-state index is 13.7. The van der Waals surface area contributed by atoms with E-state index < -0.39 is 0 Å². The highest BCUT2D eigenvalue weighted by molar-refractivity contribution is 6.02. The molecule has 216 valence electrons. The van der Waals surface area contributed by atoms with Crippen LogP contribution in [0.25, 0.3) is 0 Å². The molecule has 2 aliphatic rings. The van der Waals surface area contributed by atoms with Crippen LogP contribution in [0.4, 0.5) is 5.69 Å². The Labute approximate surface area is 240 Å². The Kier molecular flexibility index (Phi) is 8.75.